The lowest BCUT2D eigenvalue weighted by Gasteiger charge is -2.25. The number of aromatic nitrogens is 1. The van der Waals surface area contributed by atoms with Crippen molar-refractivity contribution in [3.63, 3.8) is 0 Å². The van der Waals surface area contributed by atoms with Crippen molar-refractivity contribution in [3.05, 3.63) is 16.1 Å². The van der Waals surface area contributed by atoms with Crippen molar-refractivity contribution >= 4 is 41.3 Å². The minimum atomic E-state index is 0. The van der Waals surface area contributed by atoms with Crippen LogP contribution in [0.25, 0.3) is 0 Å². The molecule has 128 valence electrons. The predicted molar refractivity (Wildman–Crippen MR) is 107 cm³/mol. The normalized spacial score (nSPS) is 11.7. The van der Waals surface area contributed by atoms with E-state index in [9.17, 15) is 0 Å². The first kappa shape index (κ1) is 21.6. The highest BCUT2D eigenvalue weighted by Crippen LogP contribution is 2.11. The van der Waals surface area contributed by atoms with Gasteiger partial charge >= 0.3 is 0 Å². The third-order valence-electron chi connectivity index (χ3n) is 3.21. The second kappa shape index (κ2) is 12.1. The number of nitrogens with one attached hydrogen (secondary N) is 2. The summed E-state index contributed by atoms with van der Waals surface area (Å²) in [4.78, 5) is 12.6. The zero-order valence-electron chi connectivity index (χ0n) is 14.3. The Morgan fingerprint density at radius 2 is 2.09 bits per heavy atom. The van der Waals surface area contributed by atoms with Crippen LogP contribution in [0.4, 0.5) is 0 Å². The van der Waals surface area contributed by atoms with Gasteiger partial charge in [-0.2, -0.15) is 0 Å². The van der Waals surface area contributed by atoms with Gasteiger partial charge < -0.3 is 10.6 Å². The fourth-order valence-electron chi connectivity index (χ4n) is 2.06. The van der Waals surface area contributed by atoms with E-state index >= 15 is 0 Å². The summed E-state index contributed by atoms with van der Waals surface area (Å²) in [6, 6.07) is 0.578. The van der Waals surface area contributed by atoms with Crippen LogP contribution in [0.5, 0.6) is 0 Å². The highest BCUT2D eigenvalue weighted by atomic mass is 127. The second-order valence-corrected chi connectivity index (χ2v) is 6.53. The average Bonchev–Trinajstić information content (AvgIpc) is 2.86. The van der Waals surface area contributed by atoms with Gasteiger partial charge in [0.2, 0.25) is 0 Å². The van der Waals surface area contributed by atoms with E-state index in [1.807, 2.05) is 6.20 Å². The topological polar surface area (TPSA) is 52.6 Å². The summed E-state index contributed by atoms with van der Waals surface area (Å²) in [5.74, 6) is 0.866. The van der Waals surface area contributed by atoms with E-state index in [1.165, 1.54) is 4.88 Å². The number of halogens is 1. The Kier molecular flexibility index (Phi) is 11.8. The quantitative estimate of drug-likeness (QED) is 0.372. The van der Waals surface area contributed by atoms with Crippen LogP contribution in [-0.4, -0.2) is 48.1 Å². The molecule has 0 saturated heterocycles. The largest absolute Gasteiger partial charge is 0.357 e. The molecular formula is C15H30IN5S. The standard InChI is InChI=1S/C15H29N5S.HI/c1-6-16-15(17-8-9-20(7-2)12(3)4)19-11-14-18-10-13(5)21-14;/h10,12H,6-9,11H2,1-5H3,(H2,16,17,19);1H. The van der Waals surface area contributed by atoms with Crippen molar-refractivity contribution < 1.29 is 0 Å². The van der Waals surface area contributed by atoms with Crippen molar-refractivity contribution in [2.75, 3.05) is 26.2 Å². The maximum atomic E-state index is 4.59. The fraction of sp³-hybridized carbons (Fsp3) is 0.733. The van der Waals surface area contributed by atoms with Crippen molar-refractivity contribution in [3.8, 4) is 0 Å². The van der Waals surface area contributed by atoms with Gasteiger partial charge in [-0.05, 0) is 34.2 Å². The maximum absolute atomic E-state index is 4.59. The number of hydrogen-bond acceptors (Lipinski definition) is 4. The summed E-state index contributed by atoms with van der Waals surface area (Å²) in [7, 11) is 0. The van der Waals surface area contributed by atoms with E-state index in [0.29, 0.717) is 12.6 Å². The lowest BCUT2D eigenvalue weighted by molar-refractivity contribution is 0.237. The van der Waals surface area contributed by atoms with Gasteiger partial charge in [0.25, 0.3) is 0 Å². The first-order valence-corrected chi connectivity index (χ1v) is 8.56. The van der Waals surface area contributed by atoms with Crippen LogP contribution in [0.1, 0.15) is 37.6 Å². The van der Waals surface area contributed by atoms with E-state index in [2.05, 4.69) is 60.1 Å². The van der Waals surface area contributed by atoms with E-state index in [1.54, 1.807) is 11.3 Å². The van der Waals surface area contributed by atoms with Crippen LogP contribution in [-0.2, 0) is 6.54 Å². The highest BCUT2D eigenvalue weighted by Gasteiger charge is 2.06. The Labute approximate surface area is 156 Å². The Bertz CT molecular complexity index is 433. The number of hydrogen-bond donors (Lipinski definition) is 2. The first-order chi connectivity index (χ1) is 10.1. The average molecular weight is 439 g/mol. The first-order valence-electron chi connectivity index (χ1n) is 7.74. The number of nitrogens with zero attached hydrogens (tertiary/aromatic N) is 3. The molecule has 0 fully saturated rings. The minimum absolute atomic E-state index is 0. The molecule has 0 aliphatic heterocycles. The van der Waals surface area contributed by atoms with Gasteiger partial charge in [0.1, 0.15) is 5.01 Å². The molecule has 5 nitrogen and oxygen atoms in total. The van der Waals surface area contributed by atoms with Gasteiger partial charge in [-0.15, -0.1) is 35.3 Å². The van der Waals surface area contributed by atoms with Crippen molar-refractivity contribution in [2.45, 2.75) is 47.2 Å². The Morgan fingerprint density at radius 3 is 2.59 bits per heavy atom. The third kappa shape index (κ3) is 8.28. The number of likely N-dealkylation sites (N-methyl/N-ethyl adjacent to an activating group) is 1. The molecule has 0 aromatic carbocycles. The van der Waals surface area contributed by atoms with Crippen LogP contribution >= 0.6 is 35.3 Å². The summed E-state index contributed by atoms with van der Waals surface area (Å²) in [5.41, 5.74) is 0. The molecule has 1 aromatic rings. The number of guanidine groups is 1. The number of thiazole rings is 1. The predicted octanol–water partition coefficient (Wildman–Crippen LogP) is 2.85. The van der Waals surface area contributed by atoms with Gasteiger partial charge in [0.15, 0.2) is 5.96 Å². The zero-order valence-corrected chi connectivity index (χ0v) is 17.5. The Morgan fingerprint density at radius 1 is 1.36 bits per heavy atom. The van der Waals surface area contributed by atoms with E-state index in [0.717, 1.165) is 37.1 Å². The Balaban J connectivity index is 0.00000441. The summed E-state index contributed by atoms with van der Waals surface area (Å²) >= 11 is 1.70. The molecule has 0 atom stereocenters. The minimum Gasteiger partial charge on any atom is -0.357 e. The lowest BCUT2D eigenvalue weighted by Crippen LogP contribution is -2.43. The van der Waals surface area contributed by atoms with Gasteiger partial charge in [-0.25, -0.2) is 9.98 Å². The fourth-order valence-corrected chi connectivity index (χ4v) is 2.77. The van der Waals surface area contributed by atoms with Crippen molar-refractivity contribution in [1.82, 2.24) is 20.5 Å². The summed E-state index contributed by atoms with van der Waals surface area (Å²) in [6.07, 6.45) is 1.90. The lowest BCUT2D eigenvalue weighted by atomic mass is 10.3. The molecule has 0 amide bonds. The van der Waals surface area contributed by atoms with Gasteiger partial charge in [-0.1, -0.05) is 6.92 Å². The summed E-state index contributed by atoms with van der Waals surface area (Å²) < 4.78 is 0. The molecular weight excluding hydrogens is 409 g/mol. The summed E-state index contributed by atoms with van der Waals surface area (Å²) in [5, 5.41) is 7.73. The second-order valence-electron chi connectivity index (χ2n) is 5.21. The van der Waals surface area contributed by atoms with E-state index < -0.39 is 0 Å². The van der Waals surface area contributed by atoms with E-state index in [-0.39, 0.29) is 24.0 Å². The van der Waals surface area contributed by atoms with Crippen molar-refractivity contribution in [2.24, 2.45) is 4.99 Å². The maximum Gasteiger partial charge on any atom is 0.191 e. The van der Waals surface area contributed by atoms with Crippen LogP contribution in [0.15, 0.2) is 11.2 Å². The molecule has 1 rings (SSSR count). The molecule has 1 aromatic heterocycles. The number of aryl methyl sites for hydroxylation is 1. The number of aliphatic imine (C=N–C) groups is 1. The Hall–Kier alpha value is -0.410. The van der Waals surface area contributed by atoms with Crippen LogP contribution < -0.4 is 10.6 Å². The van der Waals surface area contributed by atoms with Crippen LogP contribution in [0.3, 0.4) is 0 Å². The van der Waals surface area contributed by atoms with Crippen LogP contribution in [0.2, 0.25) is 0 Å². The van der Waals surface area contributed by atoms with Crippen LogP contribution in [0, 0.1) is 6.92 Å². The molecule has 0 spiro atoms. The molecule has 2 N–H and O–H groups in total. The van der Waals surface area contributed by atoms with E-state index in [4.69, 9.17) is 0 Å². The highest BCUT2D eigenvalue weighted by molar-refractivity contribution is 14.0. The molecule has 0 aliphatic carbocycles. The SMILES string of the molecule is CCNC(=NCc1ncc(C)s1)NCCN(CC)C(C)C.I. The molecule has 0 aliphatic rings. The molecule has 22 heavy (non-hydrogen) atoms. The molecule has 0 saturated carbocycles. The van der Waals surface area contributed by atoms with Crippen molar-refractivity contribution in [1.29, 1.82) is 0 Å². The smallest absolute Gasteiger partial charge is 0.191 e. The zero-order chi connectivity index (χ0) is 15.7. The van der Waals surface area contributed by atoms with Gasteiger partial charge in [0.05, 0.1) is 6.54 Å². The molecule has 7 heteroatoms. The van der Waals surface area contributed by atoms with Gasteiger partial charge in [0, 0.05) is 36.8 Å². The molecule has 0 unspecified atom stereocenters. The monoisotopic (exact) mass is 439 g/mol. The summed E-state index contributed by atoms with van der Waals surface area (Å²) in [6.45, 7) is 15.3. The third-order valence-corrected chi connectivity index (χ3v) is 4.11. The van der Waals surface area contributed by atoms with Gasteiger partial charge in [-0.3, -0.25) is 4.90 Å². The molecule has 1 heterocycles. The number of rotatable bonds is 8. The molecule has 0 radical (unpaired) electrons. The molecule has 0 bridgehead atoms.